The zero-order valence-corrected chi connectivity index (χ0v) is 13.5. The minimum absolute atomic E-state index is 0. The molecule has 2 N–H and O–H groups in total. The van der Waals surface area contributed by atoms with Gasteiger partial charge in [-0.2, -0.15) is 0 Å². The Labute approximate surface area is 138 Å². The molecule has 0 aliphatic heterocycles. The molecule has 0 fully saturated rings. The smallest absolute Gasteiger partial charge is 0.341 e. The highest BCUT2D eigenvalue weighted by Crippen LogP contribution is 2.19. The summed E-state index contributed by atoms with van der Waals surface area (Å²) in [7, 11) is 0. The summed E-state index contributed by atoms with van der Waals surface area (Å²) >= 11 is 0. The van der Waals surface area contributed by atoms with Crippen molar-refractivity contribution in [3.63, 3.8) is 0 Å². The van der Waals surface area contributed by atoms with E-state index in [4.69, 9.17) is 9.84 Å². The van der Waals surface area contributed by atoms with Crippen molar-refractivity contribution in [3.05, 3.63) is 41.5 Å². The molecule has 1 aliphatic carbocycles. The summed E-state index contributed by atoms with van der Waals surface area (Å²) in [5, 5.41) is 12.0. The van der Waals surface area contributed by atoms with Crippen LogP contribution in [0.4, 0.5) is 0 Å². The minimum atomic E-state index is -0.960. The molecule has 0 unspecified atom stereocenters. The Bertz CT molecular complexity index is 485. The summed E-state index contributed by atoms with van der Waals surface area (Å²) in [6, 6.07) is 7.54. The number of benzene rings is 1. The first-order valence-electron chi connectivity index (χ1n) is 7.56. The summed E-state index contributed by atoms with van der Waals surface area (Å²) in [6.45, 7) is 1.53. The second-order valence-electron chi connectivity index (χ2n) is 5.36. The fourth-order valence-corrected chi connectivity index (χ4v) is 2.46. The van der Waals surface area contributed by atoms with Crippen LogP contribution in [0.3, 0.4) is 0 Å². The van der Waals surface area contributed by atoms with Gasteiger partial charge in [0.25, 0.3) is 0 Å². The number of allylic oxidation sites excluding steroid dienone is 1. The van der Waals surface area contributed by atoms with Gasteiger partial charge in [-0.05, 0) is 56.3 Å². The Morgan fingerprint density at radius 2 is 2.00 bits per heavy atom. The quantitative estimate of drug-likeness (QED) is 0.567. The van der Waals surface area contributed by atoms with E-state index in [1.165, 1.54) is 31.2 Å². The van der Waals surface area contributed by atoms with E-state index < -0.39 is 5.97 Å². The van der Waals surface area contributed by atoms with Crippen LogP contribution in [0.15, 0.2) is 35.9 Å². The molecule has 0 spiro atoms. The van der Waals surface area contributed by atoms with Crippen molar-refractivity contribution in [2.24, 2.45) is 0 Å². The van der Waals surface area contributed by atoms with Gasteiger partial charge in [0, 0.05) is 6.54 Å². The zero-order chi connectivity index (χ0) is 14.9. The molecule has 1 aromatic rings. The predicted octanol–water partition coefficient (Wildman–Crippen LogP) is 3.55. The first-order chi connectivity index (χ1) is 10.2. The standard InChI is InChI=1S/C17H23NO3.ClH/c19-17(20)13-21-16-8-6-15(7-9-16)12-18-11-10-14-4-2-1-3-5-14;/h4,6-9,18H,1-3,5,10-13H2,(H,19,20);1H. The molecule has 0 radical (unpaired) electrons. The fourth-order valence-electron chi connectivity index (χ4n) is 2.46. The van der Waals surface area contributed by atoms with Gasteiger partial charge >= 0.3 is 5.97 Å². The van der Waals surface area contributed by atoms with Crippen LogP contribution in [0.2, 0.25) is 0 Å². The van der Waals surface area contributed by atoms with Gasteiger partial charge in [0.2, 0.25) is 0 Å². The molecule has 122 valence electrons. The highest BCUT2D eigenvalue weighted by atomic mass is 35.5. The molecule has 0 saturated carbocycles. The van der Waals surface area contributed by atoms with Crippen LogP contribution in [-0.2, 0) is 11.3 Å². The van der Waals surface area contributed by atoms with Crippen LogP contribution < -0.4 is 10.1 Å². The molecule has 0 heterocycles. The Kier molecular flexibility index (Phi) is 8.63. The Balaban J connectivity index is 0.00000242. The summed E-state index contributed by atoms with van der Waals surface area (Å²) in [4.78, 5) is 10.4. The maximum atomic E-state index is 10.4. The minimum Gasteiger partial charge on any atom is -0.482 e. The summed E-state index contributed by atoms with van der Waals surface area (Å²) < 4.78 is 5.10. The maximum absolute atomic E-state index is 10.4. The number of hydrogen-bond acceptors (Lipinski definition) is 3. The molecule has 0 aromatic heterocycles. The maximum Gasteiger partial charge on any atom is 0.341 e. The summed E-state index contributed by atoms with van der Waals surface area (Å²) in [5.41, 5.74) is 2.77. The van der Waals surface area contributed by atoms with Crippen molar-refractivity contribution in [1.29, 1.82) is 0 Å². The van der Waals surface area contributed by atoms with Crippen LogP contribution in [0.5, 0.6) is 5.75 Å². The number of carbonyl (C=O) groups is 1. The third-order valence-electron chi connectivity index (χ3n) is 3.62. The van der Waals surface area contributed by atoms with E-state index in [0.717, 1.165) is 19.5 Å². The second-order valence-corrected chi connectivity index (χ2v) is 5.36. The molecule has 0 amide bonds. The van der Waals surface area contributed by atoms with Crippen LogP contribution >= 0.6 is 12.4 Å². The normalized spacial score (nSPS) is 13.9. The lowest BCUT2D eigenvalue weighted by Crippen LogP contribution is -2.15. The lowest BCUT2D eigenvalue weighted by molar-refractivity contribution is -0.139. The molecule has 0 bridgehead atoms. The molecule has 5 heteroatoms. The molecular weight excluding hydrogens is 302 g/mol. The molecule has 4 nitrogen and oxygen atoms in total. The number of carboxylic acids is 1. The van der Waals surface area contributed by atoms with E-state index in [0.29, 0.717) is 5.75 Å². The number of rotatable bonds is 8. The molecule has 2 rings (SSSR count). The highest BCUT2D eigenvalue weighted by Gasteiger charge is 2.03. The van der Waals surface area contributed by atoms with E-state index in [-0.39, 0.29) is 19.0 Å². The number of ether oxygens (including phenoxy) is 1. The van der Waals surface area contributed by atoms with E-state index in [2.05, 4.69) is 11.4 Å². The zero-order valence-electron chi connectivity index (χ0n) is 12.7. The lowest BCUT2D eigenvalue weighted by Gasteiger charge is -2.13. The van der Waals surface area contributed by atoms with Gasteiger partial charge in [-0.3, -0.25) is 0 Å². The van der Waals surface area contributed by atoms with Crippen molar-refractivity contribution in [3.8, 4) is 5.75 Å². The average molecular weight is 326 g/mol. The van der Waals surface area contributed by atoms with Crippen molar-refractivity contribution in [2.45, 2.75) is 38.6 Å². The van der Waals surface area contributed by atoms with Crippen molar-refractivity contribution in [1.82, 2.24) is 5.32 Å². The molecule has 0 saturated heterocycles. The van der Waals surface area contributed by atoms with Crippen molar-refractivity contribution in [2.75, 3.05) is 13.2 Å². The highest BCUT2D eigenvalue weighted by molar-refractivity contribution is 5.85. The number of nitrogens with one attached hydrogen (secondary N) is 1. The predicted molar refractivity (Wildman–Crippen MR) is 89.7 cm³/mol. The van der Waals surface area contributed by atoms with Gasteiger partial charge in [-0.1, -0.05) is 23.8 Å². The van der Waals surface area contributed by atoms with Gasteiger partial charge < -0.3 is 15.2 Å². The Hall–Kier alpha value is -1.52. The lowest BCUT2D eigenvalue weighted by atomic mass is 9.97. The molecule has 1 aromatic carbocycles. The summed E-state index contributed by atoms with van der Waals surface area (Å²) in [5.74, 6) is -0.369. The largest absolute Gasteiger partial charge is 0.482 e. The third-order valence-corrected chi connectivity index (χ3v) is 3.62. The third kappa shape index (κ3) is 6.96. The van der Waals surface area contributed by atoms with Crippen LogP contribution in [0.1, 0.15) is 37.7 Å². The number of carboxylic acid groups (broad SMARTS) is 1. The van der Waals surface area contributed by atoms with Gasteiger partial charge in [0.15, 0.2) is 6.61 Å². The molecule has 1 aliphatic rings. The average Bonchev–Trinajstić information content (AvgIpc) is 2.52. The topological polar surface area (TPSA) is 58.6 Å². The van der Waals surface area contributed by atoms with E-state index in [9.17, 15) is 4.79 Å². The van der Waals surface area contributed by atoms with Gasteiger partial charge in [0.05, 0.1) is 0 Å². The van der Waals surface area contributed by atoms with Crippen molar-refractivity contribution >= 4 is 18.4 Å². The van der Waals surface area contributed by atoms with E-state index in [1.807, 2.05) is 24.3 Å². The Morgan fingerprint density at radius 3 is 2.64 bits per heavy atom. The van der Waals surface area contributed by atoms with Gasteiger partial charge in [-0.25, -0.2) is 4.79 Å². The number of aliphatic carboxylic acids is 1. The van der Waals surface area contributed by atoms with Gasteiger partial charge in [0.1, 0.15) is 5.75 Å². The molecule has 0 atom stereocenters. The Morgan fingerprint density at radius 1 is 1.23 bits per heavy atom. The monoisotopic (exact) mass is 325 g/mol. The van der Waals surface area contributed by atoms with E-state index >= 15 is 0 Å². The number of hydrogen-bond donors (Lipinski definition) is 2. The number of halogens is 1. The van der Waals surface area contributed by atoms with E-state index in [1.54, 1.807) is 5.57 Å². The summed E-state index contributed by atoms with van der Waals surface area (Å²) in [6.07, 6.45) is 8.71. The first-order valence-corrected chi connectivity index (χ1v) is 7.56. The first kappa shape index (κ1) is 18.5. The van der Waals surface area contributed by atoms with Crippen molar-refractivity contribution < 1.29 is 14.6 Å². The van der Waals surface area contributed by atoms with Gasteiger partial charge in [-0.15, -0.1) is 12.4 Å². The molecular formula is C17H24ClNO3. The van der Waals surface area contributed by atoms with Crippen LogP contribution in [-0.4, -0.2) is 24.2 Å². The SMILES string of the molecule is Cl.O=C(O)COc1ccc(CNCCC2=CCCCC2)cc1. The van der Waals surface area contributed by atoms with Crippen LogP contribution in [0.25, 0.3) is 0 Å². The fraction of sp³-hybridized carbons (Fsp3) is 0.471. The second kappa shape index (κ2) is 10.2. The molecule has 22 heavy (non-hydrogen) atoms. The van der Waals surface area contributed by atoms with Crippen LogP contribution in [0, 0.1) is 0 Å².